The van der Waals surface area contributed by atoms with Crippen molar-refractivity contribution in [3.05, 3.63) is 16.1 Å². The largest absolute Gasteiger partial charge is 0.467 e. The van der Waals surface area contributed by atoms with Gasteiger partial charge in [-0.3, -0.25) is 0 Å². The Bertz CT molecular complexity index is 513. The number of esters is 1. The Balaban J connectivity index is 2.64. The number of carbonyl (C=O) groups is 2. The highest BCUT2D eigenvalue weighted by atomic mass is 32.1. The van der Waals surface area contributed by atoms with Gasteiger partial charge < -0.3 is 14.8 Å². The molecule has 0 spiro atoms. The molecule has 0 fully saturated rings. The quantitative estimate of drug-likeness (QED) is 0.811. The zero-order valence-corrected chi connectivity index (χ0v) is 14.7. The van der Waals surface area contributed by atoms with Gasteiger partial charge in [-0.1, -0.05) is 27.7 Å². The molecule has 1 aromatic heterocycles. The number of aromatic nitrogens is 1. The summed E-state index contributed by atoms with van der Waals surface area (Å²) in [6.45, 7) is 9.51. The summed E-state index contributed by atoms with van der Waals surface area (Å²) in [4.78, 5) is 28.0. The van der Waals surface area contributed by atoms with E-state index in [-0.39, 0.29) is 5.92 Å². The highest BCUT2D eigenvalue weighted by Gasteiger charge is 2.26. The fourth-order valence-electron chi connectivity index (χ4n) is 1.76. The summed E-state index contributed by atoms with van der Waals surface area (Å²) in [6, 6.07) is -0.730. The molecule has 1 rings (SSSR count). The third-order valence-corrected chi connectivity index (χ3v) is 4.29. The molecular weight excluding hydrogens is 304 g/mol. The predicted molar refractivity (Wildman–Crippen MR) is 84.9 cm³/mol. The first-order chi connectivity index (χ1) is 10.3. The molecule has 0 saturated heterocycles. The summed E-state index contributed by atoms with van der Waals surface area (Å²) < 4.78 is 9.97. The lowest BCUT2D eigenvalue weighted by Gasteiger charge is -2.20. The summed E-state index contributed by atoms with van der Waals surface area (Å²) in [6.07, 6.45) is -1.13. The summed E-state index contributed by atoms with van der Waals surface area (Å²) in [5, 5.41) is 5.42. The molecule has 0 radical (unpaired) electrons. The van der Waals surface area contributed by atoms with Gasteiger partial charge in [0, 0.05) is 11.3 Å². The first-order valence-electron chi connectivity index (χ1n) is 7.26. The highest BCUT2D eigenvalue weighted by molar-refractivity contribution is 7.09. The van der Waals surface area contributed by atoms with Crippen LogP contribution in [0, 0.1) is 5.92 Å². The van der Waals surface area contributed by atoms with Gasteiger partial charge in [0.1, 0.15) is 12.1 Å². The summed E-state index contributed by atoms with van der Waals surface area (Å²) in [5.74, 6) is -0.248. The SMILES string of the molecule is COC(=O)[C@@H](NC(=O)OC(C)c1csc(C(C)C)n1)C(C)C. The first-order valence-corrected chi connectivity index (χ1v) is 8.14. The molecule has 1 unspecified atom stereocenters. The van der Waals surface area contributed by atoms with Crippen LogP contribution in [-0.4, -0.2) is 30.2 Å². The number of ether oxygens (including phenoxy) is 2. The fraction of sp³-hybridized carbons (Fsp3) is 0.667. The van der Waals surface area contributed by atoms with Gasteiger partial charge in [-0.25, -0.2) is 14.6 Å². The number of hydrogen-bond acceptors (Lipinski definition) is 6. The third kappa shape index (κ3) is 4.98. The second kappa shape index (κ2) is 8.12. The lowest BCUT2D eigenvalue weighted by Crippen LogP contribution is -2.45. The molecule has 7 heteroatoms. The van der Waals surface area contributed by atoms with Crippen LogP contribution in [0.15, 0.2) is 5.38 Å². The van der Waals surface area contributed by atoms with Crippen molar-refractivity contribution in [3.8, 4) is 0 Å². The second-order valence-corrected chi connectivity index (χ2v) is 6.59. The molecule has 6 nitrogen and oxygen atoms in total. The zero-order chi connectivity index (χ0) is 16.9. The number of hydrogen-bond donors (Lipinski definition) is 1. The van der Waals surface area contributed by atoms with Crippen LogP contribution in [0.2, 0.25) is 0 Å². The Hall–Kier alpha value is -1.63. The molecule has 0 aliphatic heterocycles. The minimum absolute atomic E-state index is 0.0953. The molecule has 0 saturated carbocycles. The maximum absolute atomic E-state index is 11.9. The van der Waals surface area contributed by atoms with Crippen molar-refractivity contribution < 1.29 is 19.1 Å². The molecule has 2 atom stereocenters. The summed E-state index contributed by atoms with van der Waals surface area (Å²) in [7, 11) is 1.29. The van der Waals surface area contributed by atoms with Gasteiger partial charge in [-0.05, 0) is 12.8 Å². The Morgan fingerprint density at radius 3 is 2.32 bits per heavy atom. The first kappa shape index (κ1) is 18.4. The number of amides is 1. The lowest BCUT2D eigenvalue weighted by atomic mass is 10.1. The average molecular weight is 328 g/mol. The van der Waals surface area contributed by atoms with Crippen LogP contribution in [0.25, 0.3) is 0 Å². The molecule has 0 aliphatic rings. The van der Waals surface area contributed by atoms with E-state index in [0.717, 1.165) is 5.01 Å². The van der Waals surface area contributed by atoms with E-state index in [0.29, 0.717) is 11.6 Å². The van der Waals surface area contributed by atoms with Gasteiger partial charge in [0.2, 0.25) is 0 Å². The van der Waals surface area contributed by atoms with E-state index in [4.69, 9.17) is 4.74 Å². The Kier molecular flexibility index (Phi) is 6.80. The van der Waals surface area contributed by atoms with Gasteiger partial charge in [0.15, 0.2) is 0 Å². The third-order valence-electron chi connectivity index (χ3n) is 3.13. The van der Waals surface area contributed by atoms with Crippen LogP contribution in [0.4, 0.5) is 4.79 Å². The van der Waals surface area contributed by atoms with E-state index in [1.807, 2.05) is 19.2 Å². The van der Waals surface area contributed by atoms with Crippen LogP contribution < -0.4 is 5.32 Å². The molecule has 124 valence electrons. The van der Waals surface area contributed by atoms with E-state index in [2.05, 4.69) is 28.9 Å². The van der Waals surface area contributed by atoms with E-state index >= 15 is 0 Å². The number of nitrogens with zero attached hydrogens (tertiary/aromatic N) is 1. The number of methoxy groups -OCH3 is 1. The van der Waals surface area contributed by atoms with E-state index in [9.17, 15) is 9.59 Å². The van der Waals surface area contributed by atoms with Gasteiger partial charge in [-0.2, -0.15) is 0 Å². The van der Waals surface area contributed by atoms with Crippen molar-refractivity contribution in [1.29, 1.82) is 0 Å². The van der Waals surface area contributed by atoms with Crippen LogP contribution in [-0.2, 0) is 14.3 Å². The molecule has 1 heterocycles. The molecule has 1 amide bonds. The van der Waals surface area contributed by atoms with Crippen LogP contribution in [0.5, 0.6) is 0 Å². The van der Waals surface area contributed by atoms with Gasteiger partial charge in [-0.15, -0.1) is 11.3 Å². The minimum Gasteiger partial charge on any atom is -0.467 e. The number of nitrogens with one attached hydrogen (secondary N) is 1. The van der Waals surface area contributed by atoms with Crippen LogP contribution in [0.1, 0.15) is 57.3 Å². The average Bonchev–Trinajstić information content (AvgIpc) is 2.93. The van der Waals surface area contributed by atoms with Crippen molar-refractivity contribution in [2.24, 2.45) is 5.92 Å². The molecule has 1 N–H and O–H groups in total. The number of alkyl carbamates (subject to hydrolysis) is 1. The standard InChI is InChI=1S/C15H24N2O4S/c1-8(2)12(14(18)20-6)17-15(19)21-10(5)11-7-22-13(16-11)9(3)4/h7-10,12H,1-6H3,(H,17,19)/t10?,12-/m0/s1. The predicted octanol–water partition coefficient (Wildman–Crippen LogP) is 3.25. The number of carbonyl (C=O) groups excluding carboxylic acids is 2. The monoisotopic (exact) mass is 328 g/mol. The van der Waals surface area contributed by atoms with Crippen molar-refractivity contribution in [2.75, 3.05) is 7.11 Å². The topological polar surface area (TPSA) is 77.5 Å². The number of rotatable bonds is 6. The van der Waals surface area contributed by atoms with Crippen LogP contribution >= 0.6 is 11.3 Å². The normalized spacial score (nSPS) is 13.8. The van der Waals surface area contributed by atoms with Crippen molar-refractivity contribution >= 4 is 23.4 Å². The number of thiazole rings is 1. The molecular formula is C15H24N2O4S. The van der Waals surface area contributed by atoms with E-state index in [1.165, 1.54) is 7.11 Å². The van der Waals surface area contributed by atoms with Crippen LogP contribution in [0.3, 0.4) is 0 Å². The summed E-state index contributed by atoms with van der Waals surface area (Å²) >= 11 is 1.54. The van der Waals surface area contributed by atoms with Gasteiger partial charge in [0.25, 0.3) is 0 Å². The van der Waals surface area contributed by atoms with Crippen molar-refractivity contribution in [3.63, 3.8) is 0 Å². The smallest absolute Gasteiger partial charge is 0.408 e. The molecule has 0 aliphatic carbocycles. The molecule has 22 heavy (non-hydrogen) atoms. The van der Waals surface area contributed by atoms with Crippen molar-refractivity contribution in [2.45, 2.75) is 52.7 Å². The maximum atomic E-state index is 11.9. The molecule has 0 bridgehead atoms. The second-order valence-electron chi connectivity index (χ2n) is 5.70. The Morgan fingerprint density at radius 1 is 1.23 bits per heavy atom. The van der Waals surface area contributed by atoms with E-state index < -0.39 is 24.2 Å². The lowest BCUT2D eigenvalue weighted by molar-refractivity contribution is -0.144. The fourth-order valence-corrected chi connectivity index (χ4v) is 2.68. The van der Waals surface area contributed by atoms with Gasteiger partial charge in [0.05, 0.1) is 17.8 Å². The maximum Gasteiger partial charge on any atom is 0.408 e. The summed E-state index contributed by atoms with van der Waals surface area (Å²) in [5.41, 5.74) is 0.711. The van der Waals surface area contributed by atoms with Crippen molar-refractivity contribution in [1.82, 2.24) is 10.3 Å². The Morgan fingerprint density at radius 2 is 1.86 bits per heavy atom. The zero-order valence-electron chi connectivity index (χ0n) is 13.9. The van der Waals surface area contributed by atoms with Gasteiger partial charge >= 0.3 is 12.1 Å². The van der Waals surface area contributed by atoms with E-state index in [1.54, 1.807) is 18.3 Å². The molecule has 0 aromatic carbocycles. The minimum atomic E-state index is -0.730. The molecule has 1 aromatic rings. The Labute approximate surface area is 135 Å². The highest BCUT2D eigenvalue weighted by Crippen LogP contribution is 2.24.